The summed E-state index contributed by atoms with van der Waals surface area (Å²) in [6, 6.07) is 19.8. The van der Waals surface area contributed by atoms with Gasteiger partial charge in [0.2, 0.25) is 5.75 Å². The largest absolute Gasteiger partial charge is 0.496 e. The van der Waals surface area contributed by atoms with Crippen LogP contribution in [0.2, 0.25) is 5.02 Å². The molecule has 0 atom stereocenters. The van der Waals surface area contributed by atoms with Crippen LogP contribution in [0.25, 0.3) is 22.3 Å². The van der Waals surface area contributed by atoms with Gasteiger partial charge in [-0.15, -0.1) is 0 Å². The SMILES string of the molecule is COc1c(OCc2ccccc2)cc(OC)c2c(=O)cc(-c3ccc(Cl)cc3)oc12. The molecule has 0 unspecified atom stereocenters. The molecule has 0 aliphatic rings. The van der Waals surface area contributed by atoms with Gasteiger partial charge in [0.1, 0.15) is 23.5 Å². The van der Waals surface area contributed by atoms with Gasteiger partial charge in [-0.1, -0.05) is 41.9 Å². The highest BCUT2D eigenvalue weighted by atomic mass is 35.5. The molecule has 1 aromatic heterocycles. The van der Waals surface area contributed by atoms with Crippen LogP contribution in [0.3, 0.4) is 0 Å². The third-order valence-electron chi connectivity index (χ3n) is 4.68. The summed E-state index contributed by atoms with van der Waals surface area (Å²) in [5, 5.41) is 0.886. The first-order valence-electron chi connectivity index (χ1n) is 9.26. The first-order valence-corrected chi connectivity index (χ1v) is 9.64. The van der Waals surface area contributed by atoms with Crippen molar-refractivity contribution in [2.24, 2.45) is 0 Å². The minimum absolute atomic E-state index is 0.244. The van der Waals surface area contributed by atoms with Crippen molar-refractivity contribution >= 4 is 22.6 Å². The molecule has 0 N–H and O–H groups in total. The fourth-order valence-corrected chi connectivity index (χ4v) is 3.33. The number of methoxy groups -OCH3 is 2. The van der Waals surface area contributed by atoms with E-state index in [0.29, 0.717) is 40.0 Å². The van der Waals surface area contributed by atoms with Gasteiger partial charge in [-0.2, -0.15) is 0 Å². The molecular formula is C24H19ClO5. The van der Waals surface area contributed by atoms with Crippen LogP contribution < -0.4 is 19.6 Å². The standard InChI is InChI=1S/C24H19ClO5/c1-27-20-13-21(29-14-15-6-4-3-5-7-15)23(28-2)24-22(20)18(26)12-19(30-24)16-8-10-17(25)11-9-16/h3-13H,14H2,1-2H3. The van der Waals surface area contributed by atoms with E-state index in [9.17, 15) is 4.79 Å². The van der Waals surface area contributed by atoms with Gasteiger partial charge in [0.15, 0.2) is 16.8 Å². The molecule has 0 spiro atoms. The molecule has 1 heterocycles. The van der Waals surface area contributed by atoms with E-state index in [-0.39, 0.29) is 11.0 Å². The van der Waals surface area contributed by atoms with E-state index in [2.05, 4.69) is 0 Å². The number of hydrogen-bond donors (Lipinski definition) is 0. The molecule has 3 aromatic carbocycles. The average Bonchev–Trinajstić information content (AvgIpc) is 2.77. The zero-order valence-electron chi connectivity index (χ0n) is 16.5. The van der Waals surface area contributed by atoms with Crippen molar-refractivity contribution in [3.05, 3.63) is 87.5 Å². The summed E-state index contributed by atoms with van der Waals surface area (Å²) < 4.78 is 23.1. The lowest BCUT2D eigenvalue weighted by Crippen LogP contribution is -2.06. The lowest BCUT2D eigenvalue weighted by atomic mass is 10.1. The van der Waals surface area contributed by atoms with E-state index in [1.54, 1.807) is 30.3 Å². The average molecular weight is 423 g/mol. The second kappa shape index (κ2) is 8.51. The predicted molar refractivity (Wildman–Crippen MR) is 117 cm³/mol. The first-order chi connectivity index (χ1) is 14.6. The van der Waals surface area contributed by atoms with Crippen LogP contribution in [0.5, 0.6) is 17.2 Å². The number of hydrogen-bond acceptors (Lipinski definition) is 5. The summed E-state index contributed by atoms with van der Waals surface area (Å²) in [6.45, 7) is 0.326. The fourth-order valence-electron chi connectivity index (χ4n) is 3.21. The van der Waals surface area contributed by atoms with Crippen molar-refractivity contribution in [1.82, 2.24) is 0 Å². The molecule has 0 bridgehead atoms. The van der Waals surface area contributed by atoms with E-state index in [1.165, 1.54) is 20.3 Å². The predicted octanol–water partition coefficient (Wildman–Crippen LogP) is 5.71. The maximum absolute atomic E-state index is 12.9. The number of benzene rings is 3. The Bertz CT molecular complexity index is 1230. The maximum Gasteiger partial charge on any atom is 0.205 e. The molecule has 0 saturated heterocycles. The van der Waals surface area contributed by atoms with E-state index >= 15 is 0 Å². The molecule has 0 aliphatic heterocycles. The van der Waals surface area contributed by atoms with Crippen molar-refractivity contribution in [1.29, 1.82) is 0 Å². The van der Waals surface area contributed by atoms with Gasteiger partial charge in [-0.3, -0.25) is 4.79 Å². The Morgan fingerprint density at radius 1 is 0.900 bits per heavy atom. The Balaban J connectivity index is 1.86. The minimum atomic E-state index is -0.244. The number of rotatable bonds is 6. The lowest BCUT2D eigenvalue weighted by Gasteiger charge is -2.15. The monoisotopic (exact) mass is 422 g/mol. The third-order valence-corrected chi connectivity index (χ3v) is 4.93. The lowest BCUT2D eigenvalue weighted by molar-refractivity contribution is 0.282. The van der Waals surface area contributed by atoms with Crippen molar-refractivity contribution in [2.75, 3.05) is 14.2 Å². The molecule has 0 amide bonds. The van der Waals surface area contributed by atoms with Gasteiger partial charge >= 0.3 is 0 Å². The first kappa shape index (κ1) is 19.9. The van der Waals surface area contributed by atoms with Crippen LogP contribution in [-0.2, 0) is 6.61 Å². The van der Waals surface area contributed by atoms with E-state index in [1.807, 2.05) is 30.3 Å². The maximum atomic E-state index is 12.9. The molecule has 152 valence electrons. The Morgan fingerprint density at radius 3 is 2.30 bits per heavy atom. The van der Waals surface area contributed by atoms with Crippen molar-refractivity contribution < 1.29 is 18.6 Å². The highest BCUT2D eigenvalue weighted by Gasteiger charge is 2.21. The van der Waals surface area contributed by atoms with E-state index in [0.717, 1.165) is 11.1 Å². The van der Waals surface area contributed by atoms with Gasteiger partial charge < -0.3 is 18.6 Å². The molecule has 0 saturated carbocycles. The van der Waals surface area contributed by atoms with Crippen molar-refractivity contribution in [3.63, 3.8) is 0 Å². The Kier molecular flexibility index (Phi) is 5.63. The number of halogens is 1. The molecule has 30 heavy (non-hydrogen) atoms. The summed E-state index contributed by atoms with van der Waals surface area (Å²) in [4.78, 5) is 12.9. The summed E-state index contributed by atoms with van der Waals surface area (Å²) in [6.07, 6.45) is 0. The molecule has 0 fully saturated rings. The second-order valence-corrected chi connectivity index (χ2v) is 7.01. The molecule has 0 aliphatic carbocycles. The quantitative estimate of drug-likeness (QED) is 0.398. The zero-order chi connectivity index (χ0) is 21.1. The highest BCUT2D eigenvalue weighted by molar-refractivity contribution is 6.30. The molecule has 4 aromatic rings. The van der Waals surface area contributed by atoms with Crippen LogP contribution in [0, 0.1) is 0 Å². The van der Waals surface area contributed by atoms with Crippen molar-refractivity contribution in [3.8, 4) is 28.6 Å². The summed E-state index contributed by atoms with van der Waals surface area (Å²) in [7, 11) is 3.00. The van der Waals surface area contributed by atoms with Crippen LogP contribution in [-0.4, -0.2) is 14.2 Å². The van der Waals surface area contributed by atoms with E-state index < -0.39 is 0 Å². The fraction of sp³-hybridized carbons (Fsp3) is 0.125. The summed E-state index contributed by atoms with van der Waals surface area (Å²) in [5.41, 5.74) is 1.73. The van der Waals surface area contributed by atoms with Crippen LogP contribution in [0.15, 0.2) is 75.9 Å². The molecule has 6 heteroatoms. The minimum Gasteiger partial charge on any atom is -0.496 e. The Labute approximate surface area is 178 Å². The van der Waals surface area contributed by atoms with Crippen molar-refractivity contribution in [2.45, 2.75) is 6.61 Å². The van der Waals surface area contributed by atoms with Gasteiger partial charge in [0, 0.05) is 22.7 Å². The molecule has 0 radical (unpaired) electrons. The van der Waals surface area contributed by atoms with E-state index in [4.69, 9.17) is 30.2 Å². The van der Waals surface area contributed by atoms with Gasteiger partial charge in [0.25, 0.3) is 0 Å². The zero-order valence-corrected chi connectivity index (χ0v) is 17.2. The van der Waals surface area contributed by atoms with Crippen LogP contribution in [0.1, 0.15) is 5.56 Å². The smallest absolute Gasteiger partial charge is 0.205 e. The van der Waals surface area contributed by atoms with Crippen LogP contribution >= 0.6 is 11.6 Å². The third kappa shape index (κ3) is 3.84. The van der Waals surface area contributed by atoms with Gasteiger partial charge in [-0.05, 0) is 29.8 Å². The van der Waals surface area contributed by atoms with Gasteiger partial charge in [0.05, 0.1) is 14.2 Å². The molecule has 5 nitrogen and oxygen atoms in total. The van der Waals surface area contributed by atoms with Crippen LogP contribution in [0.4, 0.5) is 0 Å². The Morgan fingerprint density at radius 2 is 1.63 bits per heavy atom. The second-order valence-electron chi connectivity index (χ2n) is 6.57. The number of fused-ring (bicyclic) bond motifs is 1. The molecule has 4 rings (SSSR count). The highest BCUT2D eigenvalue weighted by Crippen LogP contribution is 2.41. The molecular weight excluding hydrogens is 404 g/mol. The topological polar surface area (TPSA) is 57.9 Å². The normalized spacial score (nSPS) is 10.8. The summed E-state index contributed by atoms with van der Waals surface area (Å²) >= 11 is 5.97. The Hall–Kier alpha value is -3.44. The summed E-state index contributed by atoms with van der Waals surface area (Å²) in [5.74, 6) is 1.49. The van der Waals surface area contributed by atoms with Gasteiger partial charge in [-0.25, -0.2) is 0 Å². The number of ether oxygens (including phenoxy) is 3.